The molecule has 0 aliphatic rings. The van der Waals surface area contributed by atoms with Gasteiger partial charge in [-0.05, 0) is 26.8 Å². The fraction of sp³-hybridized carbons (Fsp3) is 0.500. The van der Waals surface area contributed by atoms with Crippen LogP contribution in [0.4, 0.5) is 0 Å². The van der Waals surface area contributed by atoms with Crippen molar-refractivity contribution in [1.82, 2.24) is 4.89 Å². The summed E-state index contributed by atoms with van der Waals surface area (Å²) < 4.78 is 23.2. The van der Waals surface area contributed by atoms with Crippen molar-refractivity contribution in [3.63, 3.8) is 0 Å². The SMILES string of the molecule is CCONS(=O)(=O)c1cc(C)sc1C. The van der Waals surface area contributed by atoms with Crippen LogP contribution in [0.25, 0.3) is 0 Å². The monoisotopic (exact) mass is 235 g/mol. The molecule has 0 saturated heterocycles. The molecule has 1 aromatic heterocycles. The largest absolute Gasteiger partial charge is 0.287 e. The zero-order valence-corrected chi connectivity index (χ0v) is 9.96. The van der Waals surface area contributed by atoms with Crippen LogP contribution in [0.3, 0.4) is 0 Å². The fourth-order valence-corrected chi connectivity index (χ4v) is 3.48. The van der Waals surface area contributed by atoms with Crippen LogP contribution in [0.15, 0.2) is 11.0 Å². The Bertz CT molecular complexity index is 408. The first-order chi connectivity index (χ1) is 6.47. The maximum absolute atomic E-state index is 11.6. The Morgan fingerprint density at radius 1 is 1.50 bits per heavy atom. The second-order valence-electron chi connectivity index (χ2n) is 2.80. The minimum atomic E-state index is -3.49. The maximum atomic E-state index is 11.6. The van der Waals surface area contributed by atoms with Crippen molar-refractivity contribution in [2.45, 2.75) is 25.7 Å². The third-order valence-electron chi connectivity index (χ3n) is 1.60. The number of rotatable bonds is 4. The molecule has 0 atom stereocenters. The van der Waals surface area contributed by atoms with Crippen LogP contribution in [0.5, 0.6) is 0 Å². The van der Waals surface area contributed by atoms with E-state index in [9.17, 15) is 8.42 Å². The molecule has 0 aliphatic carbocycles. The van der Waals surface area contributed by atoms with Crippen molar-refractivity contribution < 1.29 is 13.3 Å². The van der Waals surface area contributed by atoms with E-state index in [1.165, 1.54) is 11.3 Å². The maximum Gasteiger partial charge on any atom is 0.263 e. The van der Waals surface area contributed by atoms with Gasteiger partial charge in [0, 0.05) is 9.75 Å². The summed E-state index contributed by atoms with van der Waals surface area (Å²) in [5.41, 5.74) is 0. The topological polar surface area (TPSA) is 55.4 Å². The molecule has 1 rings (SSSR count). The number of aryl methyl sites for hydroxylation is 2. The van der Waals surface area contributed by atoms with Gasteiger partial charge in [0.2, 0.25) is 0 Å². The van der Waals surface area contributed by atoms with Crippen LogP contribution in [0, 0.1) is 13.8 Å². The van der Waals surface area contributed by atoms with Crippen LogP contribution >= 0.6 is 11.3 Å². The van der Waals surface area contributed by atoms with E-state index in [4.69, 9.17) is 0 Å². The Balaban J connectivity index is 2.98. The number of sulfonamides is 1. The molecular formula is C8H13NO3S2. The van der Waals surface area contributed by atoms with Gasteiger partial charge in [-0.3, -0.25) is 4.84 Å². The normalized spacial score (nSPS) is 11.9. The highest BCUT2D eigenvalue weighted by Crippen LogP contribution is 2.24. The highest BCUT2D eigenvalue weighted by atomic mass is 32.2. The summed E-state index contributed by atoms with van der Waals surface area (Å²) in [7, 11) is -3.49. The van der Waals surface area contributed by atoms with Crippen molar-refractivity contribution in [1.29, 1.82) is 0 Å². The molecule has 1 heterocycles. The summed E-state index contributed by atoms with van der Waals surface area (Å²) in [5, 5.41) is 0. The average molecular weight is 235 g/mol. The van der Waals surface area contributed by atoms with Crippen molar-refractivity contribution in [3.05, 3.63) is 15.8 Å². The molecule has 0 spiro atoms. The Kier molecular flexibility index (Phi) is 3.65. The molecule has 0 radical (unpaired) electrons. The predicted molar refractivity (Wildman–Crippen MR) is 55.7 cm³/mol. The zero-order chi connectivity index (χ0) is 10.8. The standard InChI is InChI=1S/C8H13NO3S2/c1-4-12-9-14(10,11)8-5-6(2)13-7(8)3/h5,9H,4H2,1-3H3. The van der Waals surface area contributed by atoms with Gasteiger partial charge in [-0.2, -0.15) is 0 Å². The predicted octanol–water partition coefficient (Wildman–Crippen LogP) is 1.59. The van der Waals surface area contributed by atoms with Crippen LogP contribution in [0.2, 0.25) is 0 Å². The third-order valence-corrected chi connectivity index (χ3v) is 4.03. The van der Waals surface area contributed by atoms with E-state index in [0.717, 1.165) is 9.75 Å². The minimum absolute atomic E-state index is 0.299. The molecule has 0 aromatic carbocycles. The summed E-state index contributed by atoms with van der Waals surface area (Å²) in [6.45, 7) is 5.67. The molecule has 80 valence electrons. The Hall–Kier alpha value is -0.430. The highest BCUT2D eigenvalue weighted by Gasteiger charge is 2.18. The Labute approximate surface area is 87.9 Å². The van der Waals surface area contributed by atoms with E-state index in [1.54, 1.807) is 19.9 Å². The zero-order valence-electron chi connectivity index (χ0n) is 8.33. The van der Waals surface area contributed by atoms with Crippen LogP contribution in [-0.4, -0.2) is 15.0 Å². The molecule has 1 N–H and O–H groups in total. The van der Waals surface area contributed by atoms with Gasteiger partial charge in [0.1, 0.15) is 0 Å². The molecule has 14 heavy (non-hydrogen) atoms. The van der Waals surface area contributed by atoms with Crippen molar-refractivity contribution in [2.24, 2.45) is 0 Å². The lowest BCUT2D eigenvalue weighted by molar-refractivity contribution is 0.105. The summed E-state index contributed by atoms with van der Waals surface area (Å²) in [4.78, 5) is 8.79. The first-order valence-electron chi connectivity index (χ1n) is 4.18. The van der Waals surface area contributed by atoms with E-state index in [-0.39, 0.29) is 0 Å². The minimum Gasteiger partial charge on any atom is -0.287 e. The summed E-state index contributed by atoms with van der Waals surface area (Å²) >= 11 is 1.45. The molecular weight excluding hydrogens is 222 g/mol. The van der Waals surface area contributed by atoms with Gasteiger partial charge >= 0.3 is 0 Å². The number of nitrogens with one attached hydrogen (secondary N) is 1. The lowest BCUT2D eigenvalue weighted by Crippen LogP contribution is -2.24. The van der Waals surface area contributed by atoms with E-state index < -0.39 is 10.0 Å². The Morgan fingerprint density at radius 2 is 2.14 bits per heavy atom. The van der Waals surface area contributed by atoms with E-state index in [2.05, 4.69) is 9.72 Å². The second kappa shape index (κ2) is 4.39. The number of hydrogen-bond acceptors (Lipinski definition) is 4. The van der Waals surface area contributed by atoms with Gasteiger partial charge in [-0.1, -0.05) is 4.89 Å². The van der Waals surface area contributed by atoms with Gasteiger partial charge in [-0.25, -0.2) is 8.42 Å². The van der Waals surface area contributed by atoms with Crippen molar-refractivity contribution in [2.75, 3.05) is 6.61 Å². The third kappa shape index (κ3) is 2.54. The van der Waals surface area contributed by atoms with Gasteiger partial charge in [0.15, 0.2) is 0 Å². The first-order valence-corrected chi connectivity index (χ1v) is 6.48. The van der Waals surface area contributed by atoms with Gasteiger partial charge in [0.05, 0.1) is 11.5 Å². The highest BCUT2D eigenvalue weighted by molar-refractivity contribution is 7.89. The summed E-state index contributed by atoms with van der Waals surface area (Å²) in [6, 6.07) is 1.64. The molecule has 0 amide bonds. The summed E-state index contributed by atoms with van der Waals surface area (Å²) in [5.74, 6) is 0. The smallest absolute Gasteiger partial charge is 0.263 e. The van der Waals surface area contributed by atoms with Crippen LogP contribution in [0.1, 0.15) is 16.7 Å². The van der Waals surface area contributed by atoms with Gasteiger partial charge in [-0.15, -0.1) is 11.3 Å². The van der Waals surface area contributed by atoms with Gasteiger partial charge in [0.25, 0.3) is 10.0 Å². The Morgan fingerprint density at radius 3 is 2.57 bits per heavy atom. The van der Waals surface area contributed by atoms with Crippen LogP contribution in [-0.2, 0) is 14.9 Å². The molecule has 0 saturated carbocycles. The summed E-state index contributed by atoms with van der Waals surface area (Å²) in [6.07, 6.45) is 0. The van der Waals surface area contributed by atoms with Crippen molar-refractivity contribution in [3.8, 4) is 0 Å². The molecule has 0 aliphatic heterocycles. The second-order valence-corrected chi connectivity index (χ2v) is 5.87. The van der Waals surface area contributed by atoms with E-state index in [1.807, 2.05) is 6.92 Å². The van der Waals surface area contributed by atoms with Gasteiger partial charge < -0.3 is 0 Å². The van der Waals surface area contributed by atoms with E-state index in [0.29, 0.717) is 11.5 Å². The molecule has 0 unspecified atom stereocenters. The molecule has 0 fully saturated rings. The van der Waals surface area contributed by atoms with Crippen molar-refractivity contribution >= 4 is 21.4 Å². The average Bonchev–Trinajstić information content (AvgIpc) is 2.42. The molecule has 4 nitrogen and oxygen atoms in total. The molecule has 0 bridgehead atoms. The molecule has 6 heteroatoms. The lowest BCUT2D eigenvalue weighted by atomic mass is 10.4. The molecule has 1 aromatic rings. The lowest BCUT2D eigenvalue weighted by Gasteiger charge is -2.04. The number of thiophene rings is 1. The number of hydrogen-bond donors (Lipinski definition) is 1. The first kappa shape index (κ1) is 11.6. The fourth-order valence-electron chi connectivity index (χ4n) is 1.06. The van der Waals surface area contributed by atoms with E-state index >= 15 is 0 Å². The van der Waals surface area contributed by atoms with Crippen LogP contribution < -0.4 is 4.89 Å². The quantitative estimate of drug-likeness (QED) is 0.806.